The van der Waals surface area contributed by atoms with Gasteiger partial charge in [0.15, 0.2) is 5.16 Å². The Bertz CT molecular complexity index is 563. The van der Waals surface area contributed by atoms with Gasteiger partial charge in [-0.15, -0.1) is 0 Å². The molecule has 1 heterocycles. The smallest absolute Gasteiger partial charge is 0.188 e. The summed E-state index contributed by atoms with van der Waals surface area (Å²) in [5.74, 6) is 0.910. The van der Waals surface area contributed by atoms with Crippen molar-refractivity contribution in [1.29, 1.82) is 0 Å². The molecule has 0 radical (unpaired) electrons. The van der Waals surface area contributed by atoms with Crippen molar-refractivity contribution in [2.75, 3.05) is 0 Å². The van der Waals surface area contributed by atoms with Crippen molar-refractivity contribution in [1.82, 2.24) is 9.97 Å². The summed E-state index contributed by atoms with van der Waals surface area (Å²) in [6.45, 7) is 10.7. The normalized spacial score (nSPS) is 11.7. The highest BCUT2D eigenvalue weighted by molar-refractivity contribution is 7.98. The van der Waals surface area contributed by atoms with Gasteiger partial charge in [0.1, 0.15) is 0 Å². The lowest BCUT2D eigenvalue weighted by molar-refractivity contribution is 0.590. The Hall–Kier alpha value is -1.35. The fourth-order valence-corrected chi connectivity index (χ4v) is 2.91. The van der Waals surface area contributed by atoms with E-state index in [1.807, 2.05) is 19.9 Å². The highest BCUT2D eigenvalue weighted by Gasteiger charge is 2.12. The van der Waals surface area contributed by atoms with Crippen molar-refractivity contribution in [3.8, 4) is 0 Å². The lowest BCUT2D eigenvalue weighted by atomic mass is 9.87. The van der Waals surface area contributed by atoms with Gasteiger partial charge in [0.05, 0.1) is 0 Å². The Kier molecular flexibility index (Phi) is 4.48. The van der Waals surface area contributed by atoms with Crippen LogP contribution in [0.5, 0.6) is 0 Å². The molecule has 20 heavy (non-hydrogen) atoms. The van der Waals surface area contributed by atoms with E-state index in [0.29, 0.717) is 0 Å². The molecule has 0 amide bonds. The molecule has 2 rings (SSSR count). The maximum absolute atomic E-state index is 4.46. The number of thioether (sulfide) groups is 1. The first-order valence-electron chi connectivity index (χ1n) is 6.89. The lowest BCUT2D eigenvalue weighted by Crippen LogP contribution is -2.10. The van der Waals surface area contributed by atoms with Crippen molar-refractivity contribution < 1.29 is 0 Å². The molecular weight excluding hydrogens is 264 g/mol. The molecule has 3 heteroatoms. The monoisotopic (exact) mass is 286 g/mol. The van der Waals surface area contributed by atoms with Crippen LogP contribution in [0.25, 0.3) is 0 Å². The molecule has 0 saturated carbocycles. The first-order valence-corrected chi connectivity index (χ1v) is 7.88. The van der Waals surface area contributed by atoms with Crippen LogP contribution in [0.4, 0.5) is 0 Å². The molecule has 0 atom stereocenters. The van der Waals surface area contributed by atoms with Crippen molar-refractivity contribution in [2.45, 2.75) is 50.9 Å². The summed E-state index contributed by atoms with van der Waals surface area (Å²) in [6, 6.07) is 10.9. The molecule has 1 aromatic carbocycles. The zero-order valence-corrected chi connectivity index (χ0v) is 13.7. The summed E-state index contributed by atoms with van der Waals surface area (Å²) >= 11 is 1.69. The van der Waals surface area contributed by atoms with Crippen LogP contribution in [-0.2, 0) is 11.2 Å². The summed E-state index contributed by atoms with van der Waals surface area (Å²) < 4.78 is 0. The summed E-state index contributed by atoms with van der Waals surface area (Å²) in [7, 11) is 0. The Balaban J connectivity index is 2.04. The summed E-state index contributed by atoms with van der Waals surface area (Å²) in [6.07, 6.45) is 0. The van der Waals surface area contributed by atoms with Gasteiger partial charge in [-0.25, -0.2) is 9.97 Å². The predicted octanol–water partition coefficient (Wildman–Crippen LogP) is 4.68. The molecule has 1 aromatic heterocycles. The summed E-state index contributed by atoms with van der Waals surface area (Å²) in [5, 5.41) is 0.863. The van der Waals surface area contributed by atoms with Crippen molar-refractivity contribution >= 4 is 11.8 Å². The second-order valence-electron chi connectivity index (χ2n) is 6.17. The molecule has 0 bridgehead atoms. The highest BCUT2D eigenvalue weighted by Crippen LogP contribution is 2.24. The van der Waals surface area contributed by atoms with Gasteiger partial charge in [0.2, 0.25) is 0 Å². The second kappa shape index (κ2) is 5.96. The Morgan fingerprint density at radius 2 is 1.50 bits per heavy atom. The third kappa shape index (κ3) is 4.07. The largest absolute Gasteiger partial charge is 0.228 e. The average molecular weight is 286 g/mol. The standard InChI is InChI=1S/C17H22N2S/c1-12-10-13(2)19-16(18-12)20-11-14-6-8-15(9-7-14)17(3,4)5/h6-10H,11H2,1-5H3. The van der Waals surface area contributed by atoms with Gasteiger partial charge in [-0.2, -0.15) is 0 Å². The van der Waals surface area contributed by atoms with Crippen LogP contribution < -0.4 is 0 Å². The van der Waals surface area contributed by atoms with E-state index < -0.39 is 0 Å². The number of benzene rings is 1. The molecule has 0 aliphatic heterocycles. The van der Waals surface area contributed by atoms with Crippen molar-refractivity contribution in [3.05, 3.63) is 52.8 Å². The fraction of sp³-hybridized carbons (Fsp3) is 0.412. The number of aromatic nitrogens is 2. The van der Waals surface area contributed by atoms with Crippen LogP contribution in [0.2, 0.25) is 0 Å². The third-order valence-electron chi connectivity index (χ3n) is 3.15. The van der Waals surface area contributed by atoms with E-state index in [1.165, 1.54) is 11.1 Å². The third-order valence-corrected chi connectivity index (χ3v) is 4.07. The SMILES string of the molecule is Cc1cc(C)nc(SCc2ccc(C(C)(C)C)cc2)n1. The van der Waals surface area contributed by atoms with Gasteiger partial charge in [0, 0.05) is 17.1 Å². The van der Waals surface area contributed by atoms with Crippen molar-refractivity contribution in [3.63, 3.8) is 0 Å². The number of aryl methyl sites for hydroxylation is 2. The predicted molar refractivity (Wildman–Crippen MR) is 86.2 cm³/mol. The Morgan fingerprint density at radius 3 is 2.00 bits per heavy atom. The van der Waals surface area contributed by atoms with Gasteiger partial charge < -0.3 is 0 Å². The van der Waals surface area contributed by atoms with E-state index in [0.717, 1.165) is 22.3 Å². The maximum atomic E-state index is 4.46. The maximum Gasteiger partial charge on any atom is 0.188 e. The van der Waals surface area contributed by atoms with E-state index >= 15 is 0 Å². The van der Waals surface area contributed by atoms with E-state index in [9.17, 15) is 0 Å². The van der Waals surface area contributed by atoms with Gasteiger partial charge in [-0.1, -0.05) is 56.8 Å². The van der Waals surface area contributed by atoms with Gasteiger partial charge in [-0.3, -0.25) is 0 Å². The molecule has 2 aromatic rings. The fourth-order valence-electron chi connectivity index (χ4n) is 2.01. The first kappa shape index (κ1) is 15.0. The molecule has 0 N–H and O–H groups in total. The average Bonchev–Trinajstić information content (AvgIpc) is 2.35. The number of hydrogen-bond acceptors (Lipinski definition) is 3. The van der Waals surface area contributed by atoms with Gasteiger partial charge in [-0.05, 0) is 36.5 Å². The molecule has 0 unspecified atom stereocenters. The summed E-state index contributed by atoms with van der Waals surface area (Å²) in [4.78, 5) is 8.92. The quantitative estimate of drug-likeness (QED) is 0.605. The Morgan fingerprint density at radius 1 is 0.950 bits per heavy atom. The van der Waals surface area contributed by atoms with E-state index in [1.54, 1.807) is 11.8 Å². The zero-order chi connectivity index (χ0) is 14.8. The van der Waals surface area contributed by atoms with Gasteiger partial charge in [0.25, 0.3) is 0 Å². The lowest BCUT2D eigenvalue weighted by Gasteiger charge is -2.19. The molecule has 0 aliphatic carbocycles. The van der Waals surface area contributed by atoms with E-state index in [4.69, 9.17) is 0 Å². The number of rotatable bonds is 3. The molecule has 0 saturated heterocycles. The zero-order valence-electron chi connectivity index (χ0n) is 12.9. The van der Waals surface area contributed by atoms with Gasteiger partial charge >= 0.3 is 0 Å². The van der Waals surface area contributed by atoms with E-state index in [-0.39, 0.29) is 5.41 Å². The first-order chi connectivity index (χ1) is 9.34. The summed E-state index contributed by atoms with van der Waals surface area (Å²) in [5.41, 5.74) is 4.95. The number of hydrogen-bond donors (Lipinski definition) is 0. The molecule has 106 valence electrons. The molecular formula is C17H22N2S. The second-order valence-corrected chi connectivity index (χ2v) is 7.11. The van der Waals surface area contributed by atoms with Crippen molar-refractivity contribution in [2.24, 2.45) is 0 Å². The number of nitrogens with zero attached hydrogens (tertiary/aromatic N) is 2. The van der Waals surface area contributed by atoms with Crippen LogP contribution in [0.3, 0.4) is 0 Å². The molecule has 0 spiro atoms. The minimum absolute atomic E-state index is 0.211. The van der Waals surface area contributed by atoms with Crippen LogP contribution in [0.1, 0.15) is 43.3 Å². The van der Waals surface area contributed by atoms with E-state index in [2.05, 4.69) is 55.0 Å². The van der Waals surface area contributed by atoms with Crippen LogP contribution in [0, 0.1) is 13.8 Å². The minimum Gasteiger partial charge on any atom is -0.228 e. The Labute approximate surface area is 126 Å². The molecule has 0 fully saturated rings. The molecule has 0 aliphatic rings. The highest BCUT2D eigenvalue weighted by atomic mass is 32.2. The molecule has 2 nitrogen and oxygen atoms in total. The topological polar surface area (TPSA) is 25.8 Å². The van der Waals surface area contributed by atoms with Crippen LogP contribution >= 0.6 is 11.8 Å². The van der Waals surface area contributed by atoms with Crippen LogP contribution in [0.15, 0.2) is 35.5 Å². The minimum atomic E-state index is 0.211. The van der Waals surface area contributed by atoms with Crippen LogP contribution in [-0.4, -0.2) is 9.97 Å².